The molecule has 0 atom stereocenters. The Hall–Kier alpha value is -2.52. The van der Waals surface area contributed by atoms with Gasteiger partial charge in [-0.15, -0.1) is 0 Å². The van der Waals surface area contributed by atoms with Crippen LogP contribution >= 0.6 is 50.9 Å². The number of hydrogen-bond acceptors (Lipinski definition) is 5. The first-order valence-corrected chi connectivity index (χ1v) is 12.8. The monoisotopic (exact) mass is 594 g/mol. The van der Waals surface area contributed by atoms with E-state index < -0.39 is 0 Å². The number of halogens is 4. The first-order valence-electron chi connectivity index (χ1n) is 10.4. The SMILES string of the molecule is CCOc1cc(/C=C2/SC(=Nc3ccc(F)cc3)NC2=O)c(Br)cc1OCc1ccc(Cl)cc1Cl. The fourth-order valence-electron chi connectivity index (χ4n) is 3.09. The Kier molecular flexibility index (Phi) is 8.38. The van der Waals surface area contributed by atoms with E-state index >= 15 is 0 Å². The Morgan fingerprint density at radius 3 is 2.54 bits per heavy atom. The molecule has 1 fully saturated rings. The molecule has 1 saturated heterocycles. The van der Waals surface area contributed by atoms with Crippen LogP contribution in [0, 0.1) is 5.82 Å². The average Bonchev–Trinajstić information content (AvgIpc) is 3.16. The molecular weight excluding hydrogens is 578 g/mol. The Bertz CT molecular complexity index is 1330. The highest BCUT2D eigenvalue weighted by atomic mass is 79.9. The van der Waals surface area contributed by atoms with Gasteiger partial charge >= 0.3 is 0 Å². The highest BCUT2D eigenvalue weighted by Crippen LogP contribution is 2.37. The second-order valence-electron chi connectivity index (χ2n) is 7.24. The Morgan fingerprint density at radius 2 is 1.83 bits per heavy atom. The fourth-order valence-corrected chi connectivity index (χ4v) is 4.82. The minimum atomic E-state index is -0.351. The van der Waals surface area contributed by atoms with Gasteiger partial charge in [-0.2, -0.15) is 0 Å². The maximum absolute atomic E-state index is 13.1. The molecule has 10 heteroatoms. The van der Waals surface area contributed by atoms with E-state index in [0.717, 1.165) is 11.1 Å². The van der Waals surface area contributed by atoms with Crippen LogP contribution in [-0.2, 0) is 11.4 Å². The van der Waals surface area contributed by atoms with Crippen molar-refractivity contribution in [3.05, 3.63) is 91.0 Å². The van der Waals surface area contributed by atoms with Crippen molar-refractivity contribution in [1.82, 2.24) is 5.32 Å². The largest absolute Gasteiger partial charge is 0.490 e. The van der Waals surface area contributed by atoms with Crippen molar-refractivity contribution in [3.63, 3.8) is 0 Å². The van der Waals surface area contributed by atoms with Gasteiger partial charge in [0.25, 0.3) is 5.91 Å². The first-order chi connectivity index (χ1) is 16.8. The average molecular weight is 596 g/mol. The lowest BCUT2D eigenvalue weighted by Gasteiger charge is -2.15. The number of amides is 1. The van der Waals surface area contributed by atoms with Crippen molar-refractivity contribution in [3.8, 4) is 11.5 Å². The molecule has 3 aromatic rings. The highest BCUT2D eigenvalue weighted by Gasteiger charge is 2.24. The van der Waals surface area contributed by atoms with Gasteiger partial charge in [0, 0.05) is 20.1 Å². The minimum absolute atomic E-state index is 0.227. The van der Waals surface area contributed by atoms with Crippen LogP contribution in [0.25, 0.3) is 6.08 Å². The van der Waals surface area contributed by atoms with Crippen LogP contribution in [0.4, 0.5) is 10.1 Å². The lowest BCUT2D eigenvalue weighted by atomic mass is 10.1. The molecule has 35 heavy (non-hydrogen) atoms. The smallest absolute Gasteiger partial charge is 0.264 e. The molecule has 1 heterocycles. The molecule has 0 aliphatic carbocycles. The van der Waals surface area contributed by atoms with E-state index in [1.165, 1.54) is 36.0 Å². The van der Waals surface area contributed by atoms with Crippen LogP contribution < -0.4 is 14.8 Å². The Morgan fingerprint density at radius 1 is 1.09 bits per heavy atom. The molecule has 1 amide bonds. The molecule has 0 bridgehead atoms. The molecule has 5 nitrogen and oxygen atoms in total. The zero-order valence-electron chi connectivity index (χ0n) is 18.3. The minimum Gasteiger partial charge on any atom is -0.490 e. The summed E-state index contributed by atoms with van der Waals surface area (Å²) in [5.41, 5.74) is 2.05. The summed E-state index contributed by atoms with van der Waals surface area (Å²) >= 11 is 17.0. The van der Waals surface area contributed by atoms with Crippen molar-refractivity contribution in [2.24, 2.45) is 4.99 Å². The van der Waals surface area contributed by atoms with E-state index in [4.69, 9.17) is 32.7 Å². The van der Waals surface area contributed by atoms with Gasteiger partial charge < -0.3 is 14.8 Å². The van der Waals surface area contributed by atoms with Gasteiger partial charge in [-0.05, 0) is 78.9 Å². The number of nitrogens with one attached hydrogen (secondary N) is 1. The van der Waals surface area contributed by atoms with Crippen molar-refractivity contribution in [2.75, 3.05) is 6.61 Å². The fraction of sp³-hybridized carbons (Fsp3) is 0.120. The summed E-state index contributed by atoms with van der Waals surface area (Å²) in [5, 5.41) is 4.20. The summed E-state index contributed by atoms with van der Waals surface area (Å²) in [6.07, 6.45) is 1.74. The maximum atomic E-state index is 13.1. The van der Waals surface area contributed by atoms with E-state index in [9.17, 15) is 9.18 Å². The van der Waals surface area contributed by atoms with Crippen LogP contribution in [0.2, 0.25) is 10.0 Å². The number of hydrogen-bond donors (Lipinski definition) is 1. The topological polar surface area (TPSA) is 59.9 Å². The number of rotatable bonds is 7. The standard InChI is InChI=1S/C25H18BrCl2FN2O3S/c1-2-33-21-9-15(19(26)12-22(21)34-13-14-3-4-16(27)11-20(14)28)10-23-24(32)31-25(35-23)30-18-7-5-17(29)6-8-18/h3-12H,2,13H2,1H3,(H,30,31,32)/b23-10+. The van der Waals surface area contributed by atoms with Crippen molar-refractivity contribution in [2.45, 2.75) is 13.5 Å². The highest BCUT2D eigenvalue weighted by molar-refractivity contribution is 9.10. The van der Waals surface area contributed by atoms with Crippen LogP contribution in [0.5, 0.6) is 11.5 Å². The number of amidine groups is 1. The molecule has 0 radical (unpaired) electrons. The zero-order valence-corrected chi connectivity index (χ0v) is 22.2. The summed E-state index contributed by atoms with van der Waals surface area (Å²) in [7, 11) is 0. The van der Waals surface area contributed by atoms with Gasteiger partial charge in [0.15, 0.2) is 16.7 Å². The Balaban J connectivity index is 1.56. The number of ether oxygens (including phenoxy) is 2. The third-order valence-electron chi connectivity index (χ3n) is 4.76. The number of thioether (sulfide) groups is 1. The number of aliphatic imine (C=N–C) groups is 1. The molecule has 0 aromatic heterocycles. The summed E-state index contributed by atoms with van der Waals surface area (Å²) in [6.45, 7) is 2.53. The van der Waals surface area contributed by atoms with E-state index in [1.807, 2.05) is 6.92 Å². The van der Waals surface area contributed by atoms with Crippen molar-refractivity contribution >= 4 is 73.7 Å². The van der Waals surface area contributed by atoms with Crippen LogP contribution in [0.3, 0.4) is 0 Å². The van der Waals surface area contributed by atoms with Gasteiger partial charge in [-0.3, -0.25) is 4.79 Å². The molecule has 1 aliphatic rings. The number of nitrogens with zero attached hydrogens (tertiary/aromatic N) is 1. The number of carbonyl (C=O) groups is 1. The van der Waals surface area contributed by atoms with E-state index in [-0.39, 0.29) is 18.3 Å². The molecule has 1 aliphatic heterocycles. The lowest BCUT2D eigenvalue weighted by molar-refractivity contribution is -0.115. The van der Waals surface area contributed by atoms with Crippen LogP contribution in [-0.4, -0.2) is 17.7 Å². The summed E-state index contributed by atoms with van der Waals surface area (Å²) in [6, 6.07) is 14.5. The first kappa shape index (κ1) is 25.6. The normalized spacial score (nSPS) is 15.5. The summed E-state index contributed by atoms with van der Waals surface area (Å²) < 4.78 is 25.6. The molecular formula is C25H18BrCl2FN2O3S. The second-order valence-corrected chi connectivity index (χ2v) is 9.96. The molecule has 3 aromatic carbocycles. The molecule has 0 unspecified atom stereocenters. The van der Waals surface area contributed by atoms with Gasteiger partial charge in [-0.25, -0.2) is 9.38 Å². The van der Waals surface area contributed by atoms with Crippen molar-refractivity contribution in [1.29, 1.82) is 0 Å². The quantitative estimate of drug-likeness (QED) is 0.284. The van der Waals surface area contributed by atoms with Gasteiger partial charge in [0.2, 0.25) is 0 Å². The maximum Gasteiger partial charge on any atom is 0.264 e. The third kappa shape index (κ3) is 6.58. The second kappa shape index (κ2) is 11.5. The van der Waals surface area contributed by atoms with Crippen LogP contribution in [0.15, 0.2) is 69.0 Å². The lowest BCUT2D eigenvalue weighted by Crippen LogP contribution is -2.19. The predicted octanol–water partition coefficient (Wildman–Crippen LogP) is 7.76. The molecule has 0 saturated carbocycles. The molecule has 0 spiro atoms. The van der Waals surface area contributed by atoms with Crippen molar-refractivity contribution < 1.29 is 18.7 Å². The Labute approximate surface area is 224 Å². The number of carbonyl (C=O) groups excluding carboxylic acids is 1. The molecule has 4 rings (SSSR count). The van der Waals surface area contributed by atoms with Crippen LogP contribution in [0.1, 0.15) is 18.1 Å². The zero-order chi connectivity index (χ0) is 24.9. The van der Waals surface area contributed by atoms with Gasteiger partial charge in [0.05, 0.1) is 17.2 Å². The van der Waals surface area contributed by atoms with Gasteiger partial charge in [0.1, 0.15) is 12.4 Å². The third-order valence-corrected chi connectivity index (χ3v) is 6.94. The molecule has 1 N–H and O–H groups in total. The summed E-state index contributed by atoms with van der Waals surface area (Å²) in [5.74, 6) is 0.417. The van der Waals surface area contributed by atoms with E-state index in [1.54, 1.807) is 36.4 Å². The van der Waals surface area contributed by atoms with Gasteiger partial charge in [-0.1, -0.05) is 45.2 Å². The molecule has 180 valence electrons. The van der Waals surface area contributed by atoms with E-state index in [2.05, 4.69) is 26.2 Å². The number of benzene rings is 3. The predicted molar refractivity (Wildman–Crippen MR) is 143 cm³/mol. The van der Waals surface area contributed by atoms with E-state index in [0.29, 0.717) is 48.4 Å². The summed E-state index contributed by atoms with van der Waals surface area (Å²) in [4.78, 5) is 17.3.